The van der Waals surface area contributed by atoms with Gasteiger partial charge in [0.05, 0.1) is 0 Å². The van der Waals surface area contributed by atoms with E-state index in [9.17, 15) is 13.2 Å². The minimum absolute atomic E-state index is 0.190. The van der Waals surface area contributed by atoms with Crippen molar-refractivity contribution >= 4 is 11.8 Å². The van der Waals surface area contributed by atoms with Crippen LogP contribution in [-0.4, -0.2) is 15.3 Å². The number of nitriles is 1. The number of rotatable bonds is 1. The number of aromatic nitrogens is 2. The fraction of sp³-hybridized carbons (Fsp3) is 0.333. The van der Waals surface area contributed by atoms with Gasteiger partial charge in [-0.05, 0) is 0 Å². The van der Waals surface area contributed by atoms with Crippen LogP contribution in [0, 0.1) is 17.5 Å². The molecule has 1 aromatic rings. The van der Waals surface area contributed by atoms with Crippen molar-refractivity contribution in [1.82, 2.24) is 9.78 Å². The average Bonchev–Trinajstić information content (AvgIpc) is 2.30. The van der Waals surface area contributed by atoms with Crippen LogP contribution in [-0.2, 0) is 7.05 Å². The van der Waals surface area contributed by atoms with E-state index in [-0.39, 0.29) is 22.4 Å². The lowest BCUT2D eigenvalue weighted by atomic mass is 10.4. The molecule has 0 aliphatic carbocycles. The Labute approximate surface area is 76.1 Å². The summed E-state index contributed by atoms with van der Waals surface area (Å²) in [6, 6.07) is 1.58. The lowest BCUT2D eigenvalue weighted by Gasteiger charge is -2.05. The summed E-state index contributed by atoms with van der Waals surface area (Å²) in [5.74, 6) is 0. The van der Waals surface area contributed by atoms with E-state index >= 15 is 0 Å². The molecule has 0 atom stereocenters. The summed E-state index contributed by atoms with van der Waals surface area (Å²) >= 11 is -0.368. The van der Waals surface area contributed by atoms with E-state index in [1.165, 1.54) is 7.05 Å². The molecule has 0 bridgehead atoms. The predicted molar refractivity (Wildman–Crippen MR) is 38.7 cm³/mol. The molecule has 0 aliphatic heterocycles. The van der Waals surface area contributed by atoms with Gasteiger partial charge in [-0.2, -0.15) is 23.5 Å². The Hall–Kier alpha value is -1.16. The minimum atomic E-state index is -4.41. The normalized spacial score (nSPS) is 11.3. The maximum Gasteiger partial charge on any atom is 0.447 e. The largest absolute Gasteiger partial charge is 0.447 e. The van der Waals surface area contributed by atoms with Gasteiger partial charge in [0, 0.05) is 18.8 Å². The first kappa shape index (κ1) is 9.92. The number of halogens is 3. The fourth-order valence-electron chi connectivity index (χ4n) is 0.680. The summed E-state index contributed by atoms with van der Waals surface area (Å²) in [4.78, 5) is 0. The van der Waals surface area contributed by atoms with Gasteiger partial charge >= 0.3 is 5.51 Å². The van der Waals surface area contributed by atoms with Crippen LogP contribution in [0.15, 0.2) is 5.03 Å². The fourth-order valence-corrected chi connectivity index (χ4v) is 1.27. The molecule has 0 saturated carbocycles. The van der Waals surface area contributed by atoms with Crippen molar-refractivity contribution in [3.8, 4) is 6.07 Å². The van der Waals surface area contributed by atoms with Crippen molar-refractivity contribution < 1.29 is 13.2 Å². The number of aryl methyl sites for hydroxylation is 1. The first-order valence-corrected chi connectivity index (χ1v) is 3.86. The Morgan fingerprint density at radius 2 is 2.23 bits per heavy atom. The van der Waals surface area contributed by atoms with E-state index in [4.69, 9.17) is 5.26 Å². The van der Waals surface area contributed by atoms with Crippen LogP contribution >= 0.6 is 11.8 Å². The topological polar surface area (TPSA) is 41.6 Å². The second kappa shape index (κ2) is 3.30. The maximum absolute atomic E-state index is 11.9. The molecular formula is C6H3F3N3S. The SMILES string of the molecule is Cn1n[c]c(C#N)c1SC(F)(F)F. The van der Waals surface area contributed by atoms with Gasteiger partial charge in [-0.1, -0.05) is 0 Å². The van der Waals surface area contributed by atoms with E-state index in [0.29, 0.717) is 0 Å². The molecular weight excluding hydrogens is 203 g/mol. The van der Waals surface area contributed by atoms with Crippen LogP contribution in [0.2, 0.25) is 0 Å². The number of alkyl halides is 3. The predicted octanol–water partition coefficient (Wildman–Crippen LogP) is 1.70. The van der Waals surface area contributed by atoms with Crippen LogP contribution in [0.4, 0.5) is 13.2 Å². The molecule has 0 N–H and O–H groups in total. The van der Waals surface area contributed by atoms with Gasteiger partial charge in [-0.3, -0.25) is 4.68 Å². The monoisotopic (exact) mass is 206 g/mol. The van der Waals surface area contributed by atoms with Crippen LogP contribution in [0.3, 0.4) is 0 Å². The van der Waals surface area contributed by atoms with Crippen LogP contribution in [0.1, 0.15) is 5.56 Å². The molecule has 1 heterocycles. The quantitative estimate of drug-likeness (QED) is 0.657. The number of hydrogen-bond acceptors (Lipinski definition) is 3. The maximum atomic E-state index is 11.9. The first-order chi connectivity index (χ1) is 5.94. The van der Waals surface area contributed by atoms with Gasteiger partial charge in [0.15, 0.2) is 0 Å². The van der Waals surface area contributed by atoms with Crippen molar-refractivity contribution in [2.45, 2.75) is 10.5 Å². The van der Waals surface area contributed by atoms with Gasteiger partial charge in [0.1, 0.15) is 22.9 Å². The number of hydrogen-bond donors (Lipinski definition) is 0. The van der Waals surface area contributed by atoms with Gasteiger partial charge in [0.25, 0.3) is 0 Å². The average molecular weight is 206 g/mol. The summed E-state index contributed by atoms with van der Waals surface area (Å²) in [6.45, 7) is 0. The highest BCUT2D eigenvalue weighted by Crippen LogP contribution is 2.37. The Bertz CT molecular complexity index is 349. The molecule has 69 valence electrons. The summed E-state index contributed by atoms with van der Waals surface area (Å²) in [6.07, 6.45) is 2.18. The molecule has 1 radical (unpaired) electrons. The van der Waals surface area contributed by atoms with E-state index < -0.39 is 5.51 Å². The lowest BCUT2D eigenvalue weighted by molar-refractivity contribution is -0.0330. The second-order valence-corrected chi connectivity index (χ2v) is 3.13. The molecule has 0 fully saturated rings. The highest BCUT2D eigenvalue weighted by molar-refractivity contribution is 8.00. The van der Waals surface area contributed by atoms with E-state index in [1.807, 2.05) is 0 Å². The molecule has 3 nitrogen and oxygen atoms in total. The standard InChI is InChI=1S/C6H3F3N3S/c1-12-5(13-6(7,8)9)4(2-10)3-11-12/h1H3. The summed E-state index contributed by atoms with van der Waals surface area (Å²) < 4.78 is 36.7. The molecule has 1 rings (SSSR count). The van der Waals surface area contributed by atoms with E-state index in [1.54, 1.807) is 6.07 Å². The summed E-state index contributed by atoms with van der Waals surface area (Å²) in [5, 5.41) is 11.6. The van der Waals surface area contributed by atoms with Crippen LogP contribution < -0.4 is 0 Å². The van der Waals surface area contributed by atoms with Crippen molar-refractivity contribution in [1.29, 1.82) is 5.26 Å². The Morgan fingerprint density at radius 3 is 2.69 bits per heavy atom. The molecule has 13 heavy (non-hydrogen) atoms. The summed E-state index contributed by atoms with van der Waals surface area (Å²) in [7, 11) is 1.32. The Balaban J connectivity index is 3.00. The molecule has 1 aromatic heterocycles. The highest BCUT2D eigenvalue weighted by atomic mass is 32.2. The molecule has 0 aliphatic rings. The van der Waals surface area contributed by atoms with E-state index in [2.05, 4.69) is 11.3 Å². The third-order valence-electron chi connectivity index (χ3n) is 1.14. The number of thioether (sulfide) groups is 1. The van der Waals surface area contributed by atoms with Crippen molar-refractivity contribution in [3.63, 3.8) is 0 Å². The van der Waals surface area contributed by atoms with Gasteiger partial charge in [0.2, 0.25) is 0 Å². The van der Waals surface area contributed by atoms with Gasteiger partial charge < -0.3 is 0 Å². The van der Waals surface area contributed by atoms with Crippen LogP contribution in [0.25, 0.3) is 0 Å². The second-order valence-electron chi connectivity index (χ2n) is 2.08. The third-order valence-corrected chi connectivity index (χ3v) is 2.04. The molecule has 0 spiro atoms. The molecule has 0 amide bonds. The lowest BCUT2D eigenvalue weighted by Crippen LogP contribution is -2.03. The van der Waals surface area contributed by atoms with Crippen molar-refractivity contribution in [3.05, 3.63) is 11.8 Å². The van der Waals surface area contributed by atoms with Crippen molar-refractivity contribution in [2.24, 2.45) is 7.05 Å². The van der Waals surface area contributed by atoms with E-state index in [0.717, 1.165) is 4.68 Å². The molecule has 0 saturated heterocycles. The summed E-state index contributed by atoms with van der Waals surface area (Å²) in [5.41, 5.74) is -4.60. The van der Waals surface area contributed by atoms with Gasteiger partial charge in [-0.15, -0.1) is 0 Å². The smallest absolute Gasteiger partial charge is 0.260 e. The first-order valence-electron chi connectivity index (χ1n) is 3.04. The third kappa shape index (κ3) is 2.39. The van der Waals surface area contributed by atoms with Crippen LogP contribution in [0.5, 0.6) is 0 Å². The molecule has 0 unspecified atom stereocenters. The minimum Gasteiger partial charge on any atom is -0.260 e. The van der Waals surface area contributed by atoms with Crippen molar-refractivity contribution in [2.75, 3.05) is 0 Å². The Kier molecular flexibility index (Phi) is 2.52. The Morgan fingerprint density at radius 1 is 1.62 bits per heavy atom. The zero-order valence-electron chi connectivity index (χ0n) is 6.38. The highest BCUT2D eigenvalue weighted by Gasteiger charge is 2.32. The molecule has 0 aromatic carbocycles. The molecule has 7 heteroatoms. The zero-order chi connectivity index (χ0) is 10.1. The number of nitrogens with zero attached hydrogens (tertiary/aromatic N) is 3. The van der Waals surface area contributed by atoms with Gasteiger partial charge in [-0.25, -0.2) is 0 Å². The zero-order valence-corrected chi connectivity index (χ0v) is 7.20.